The van der Waals surface area contributed by atoms with E-state index in [2.05, 4.69) is 21.0 Å². The van der Waals surface area contributed by atoms with Crippen LogP contribution in [0.3, 0.4) is 0 Å². The van der Waals surface area contributed by atoms with E-state index in [1.807, 2.05) is 0 Å². The van der Waals surface area contributed by atoms with Gasteiger partial charge in [0, 0.05) is 26.0 Å². The molecular formula is C7H11BrClN3O2S. The molecule has 5 nitrogen and oxygen atoms in total. The van der Waals surface area contributed by atoms with Crippen molar-refractivity contribution in [2.75, 3.05) is 18.9 Å². The fraction of sp³-hybridized carbons (Fsp3) is 0.571. The molecule has 0 fully saturated rings. The molecule has 8 heteroatoms. The number of halogens is 2. The van der Waals surface area contributed by atoms with Crippen LogP contribution >= 0.6 is 27.5 Å². The molecule has 0 amide bonds. The van der Waals surface area contributed by atoms with E-state index < -0.39 is 10.0 Å². The fourth-order valence-corrected chi connectivity index (χ4v) is 3.61. The maximum absolute atomic E-state index is 12.0. The Morgan fingerprint density at radius 1 is 1.67 bits per heavy atom. The molecule has 0 aliphatic heterocycles. The molecule has 0 atom stereocenters. The largest absolute Gasteiger partial charge is 0.261 e. The van der Waals surface area contributed by atoms with Crippen LogP contribution in [0.5, 0.6) is 0 Å². The van der Waals surface area contributed by atoms with Crippen LogP contribution in [0, 0.1) is 0 Å². The first kappa shape index (κ1) is 13.0. The van der Waals surface area contributed by atoms with Crippen LogP contribution in [0.25, 0.3) is 0 Å². The Balaban J connectivity index is 3.17. The molecule has 0 saturated heterocycles. The lowest BCUT2D eigenvalue weighted by molar-refractivity contribution is 0.478. The normalized spacial score (nSPS) is 12.3. The average molecular weight is 317 g/mol. The van der Waals surface area contributed by atoms with Crippen molar-refractivity contribution in [1.29, 1.82) is 0 Å². The van der Waals surface area contributed by atoms with Gasteiger partial charge in [0.25, 0.3) is 10.0 Å². The third-order valence-electron chi connectivity index (χ3n) is 1.90. The van der Waals surface area contributed by atoms with Gasteiger partial charge in [0.1, 0.15) is 0 Å². The second-order valence-electron chi connectivity index (χ2n) is 2.94. The van der Waals surface area contributed by atoms with Crippen LogP contribution in [-0.2, 0) is 17.1 Å². The number of sulfonamides is 1. The first-order valence-corrected chi connectivity index (χ1v) is 7.05. The van der Waals surface area contributed by atoms with Gasteiger partial charge in [-0.25, -0.2) is 8.42 Å². The van der Waals surface area contributed by atoms with E-state index in [-0.39, 0.29) is 10.0 Å². The molecule has 0 radical (unpaired) electrons. The monoisotopic (exact) mass is 315 g/mol. The summed E-state index contributed by atoms with van der Waals surface area (Å²) >= 11 is 8.95. The van der Waals surface area contributed by atoms with Gasteiger partial charge in [0.15, 0.2) is 5.03 Å². The highest BCUT2D eigenvalue weighted by atomic mass is 79.9. The second-order valence-corrected chi connectivity index (χ2v) is 6.10. The topological polar surface area (TPSA) is 55.2 Å². The van der Waals surface area contributed by atoms with Crippen molar-refractivity contribution in [2.24, 2.45) is 7.05 Å². The predicted molar refractivity (Wildman–Crippen MR) is 61.8 cm³/mol. The van der Waals surface area contributed by atoms with Gasteiger partial charge < -0.3 is 0 Å². The van der Waals surface area contributed by atoms with E-state index in [1.165, 1.54) is 22.2 Å². The van der Waals surface area contributed by atoms with E-state index in [9.17, 15) is 8.42 Å². The third-order valence-corrected chi connectivity index (χ3v) is 4.62. The summed E-state index contributed by atoms with van der Waals surface area (Å²) < 4.78 is 26.4. The summed E-state index contributed by atoms with van der Waals surface area (Å²) in [6.07, 6.45) is 1.32. The predicted octanol–water partition coefficient (Wildman–Crippen LogP) is 1.09. The van der Waals surface area contributed by atoms with Crippen molar-refractivity contribution in [3.05, 3.63) is 11.2 Å². The summed E-state index contributed by atoms with van der Waals surface area (Å²) in [5.74, 6) is 0. The van der Waals surface area contributed by atoms with Crippen molar-refractivity contribution < 1.29 is 8.42 Å². The summed E-state index contributed by atoms with van der Waals surface area (Å²) in [5.41, 5.74) is 0. The maximum Gasteiger partial charge on any atom is 0.261 e. The Bertz CT molecular complexity index is 426. The molecule has 0 saturated carbocycles. The van der Waals surface area contributed by atoms with Crippen molar-refractivity contribution in [3.8, 4) is 0 Å². The lowest BCUT2D eigenvalue weighted by atomic mass is 10.7. The molecule has 15 heavy (non-hydrogen) atoms. The second kappa shape index (κ2) is 4.82. The highest BCUT2D eigenvalue weighted by Crippen LogP contribution is 2.22. The lowest BCUT2D eigenvalue weighted by Gasteiger charge is -2.15. The van der Waals surface area contributed by atoms with E-state index in [0.29, 0.717) is 11.9 Å². The van der Waals surface area contributed by atoms with Crippen LogP contribution in [0.4, 0.5) is 0 Å². The van der Waals surface area contributed by atoms with Crippen molar-refractivity contribution in [3.63, 3.8) is 0 Å². The van der Waals surface area contributed by atoms with E-state index in [1.54, 1.807) is 7.05 Å². The number of nitrogens with zero attached hydrogens (tertiary/aromatic N) is 3. The highest BCUT2D eigenvalue weighted by Gasteiger charge is 2.26. The minimum atomic E-state index is -3.55. The molecule has 0 N–H and O–H groups in total. The van der Waals surface area contributed by atoms with Crippen LogP contribution in [0.2, 0.25) is 5.02 Å². The van der Waals surface area contributed by atoms with Crippen molar-refractivity contribution in [2.45, 2.75) is 5.03 Å². The third kappa shape index (κ3) is 2.52. The standard InChI is InChI=1S/C7H11BrClN3O2S/c1-11(4-3-8)15(13,14)7-6(9)5-10-12(7)2/h5H,3-4H2,1-2H3. The van der Waals surface area contributed by atoms with Crippen LogP contribution in [0.15, 0.2) is 11.2 Å². The van der Waals surface area contributed by atoms with E-state index in [4.69, 9.17) is 11.6 Å². The van der Waals surface area contributed by atoms with Crippen molar-refractivity contribution in [1.82, 2.24) is 14.1 Å². The SMILES string of the molecule is CN(CCBr)S(=O)(=O)c1c(Cl)cnn1C. The first-order chi connectivity index (χ1) is 6.91. The molecule has 1 rings (SSSR count). The molecule has 0 aromatic carbocycles. The smallest absolute Gasteiger partial charge is 0.255 e. The Morgan fingerprint density at radius 2 is 2.27 bits per heavy atom. The fourth-order valence-electron chi connectivity index (χ4n) is 1.08. The van der Waals surface area contributed by atoms with Crippen molar-refractivity contribution >= 4 is 37.6 Å². The molecule has 86 valence electrons. The van der Waals surface area contributed by atoms with Crippen LogP contribution in [-0.4, -0.2) is 41.4 Å². The zero-order valence-electron chi connectivity index (χ0n) is 8.31. The molecule has 0 spiro atoms. The Morgan fingerprint density at radius 3 is 2.67 bits per heavy atom. The Hall–Kier alpha value is -0.110. The maximum atomic E-state index is 12.0. The molecule has 0 aliphatic rings. The van der Waals surface area contributed by atoms with E-state index in [0.717, 1.165) is 0 Å². The lowest BCUT2D eigenvalue weighted by Crippen LogP contribution is -2.30. The summed E-state index contributed by atoms with van der Waals surface area (Å²) in [5, 5.41) is 4.52. The first-order valence-electron chi connectivity index (χ1n) is 4.11. The quantitative estimate of drug-likeness (QED) is 0.781. The number of aryl methyl sites for hydroxylation is 1. The van der Waals surface area contributed by atoms with Gasteiger partial charge in [-0.2, -0.15) is 9.40 Å². The van der Waals surface area contributed by atoms with Gasteiger partial charge in [-0.3, -0.25) is 4.68 Å². The van der Waals surface area contributed by atoms with Gasteiger partial charge in [0.05, 0.1) is 11.2 Å². The molecular weight excluding hydrogens is 306 g/mol. The minimum Gasteiger partial charge on any atom is -0.255 e. The Labute approximate surface area is 102 Å². The van der Waals surface area contributed by atoms with Crippen LogP contribution < -0.4 is 0 Å². The molecule has 1 heterocycles. The van der Waals surface area contributed by atoms with Gasteiger partial charge in [-0.1, -0.05) is 27.5 Å². The zero-order valence-corrected chi connectivity index (χ0v) is 11.5. The average Bonchev–Trinajstić information content (AvgIpc) is 2.46. The van der Waals surface area contributed by atoms with Gasteiger partial charge in [0.2, 0.25) is 0 Å². The molecule has 1 aromatic rings. The number of aromatic nitrogens is 2. The summed E-state index contributed by atoms with van der Waals surface area (Å²) in [6.45, 7) is 0.379. The molecule has 0 aliphatic carbocycles. The number of hydrogen-bond donors (Lipinski definition) is 0. The summed E-state index contributed by atoms with van der Waals surface area (Å²) in [7, 11) is -0.505. The van der Waals surface area contributed by atoms with Crippen LogP contribution in [0.1, 0.15) is 0 Å². The summed E-state index contributed by atoms with van der Waals surface area (Å²) in [4.78, 5) is 0. The van der Waals surface area contributed by atoms with E-state index >= 15 is 0 Å². The van der Waals surface area contributed by atoms with Gasteiger partial charge in [-0.15, -0.1) is 0 Å². The Kier molecular flexibility index (Phi) is 4.16. The molecule has 1 aromatic heterocycles. The number of alkyl halides is 1. The highest BCUT2D eigenvalue weighted by molar-refractivity contribution is 9.09. The zero-order chi connectivity index (χ0) is 11.6. The number of hydrogen-bond acceptors (Lipinski definition) is 3. The molecule has 0 unspecified atom stereocenters. The summed E-state index contributed by atoms with van der Waals surface area (Å²) in [6, 6.07) is 0. The number of rotatable bonds is 4. The minimum absolute atomic E-state index is 0.0209. The van der Waals surface area contributed by atoms with Gasteiger partial charge in [-0.05, 0) is 0 Å². The van der Waals surface area contributed by atoms with Gasteiger partial charge >= 0.3 is 0 Å². The molecule has 0 bridgehead atoms.